The van der Waals surface area contributed by atoms with Crippen LogP contribution in [0.4, 0.5) is 0 Å². The van der Waals surface area contributed by atoms with Gasteiger partial charge in [0.15, 0.2) is 0 Å². The molecule has 0 spiro atoms. The monoisotopic (exact) mass is 319 g/mol. The molecule has 4 nitrogen and oxygen atoms in total. The van der Waals surface area contributed by atoms with E-state index in [1.54, 1.807) is 0 Å². The van der Waals surface area contributed by atoms with Gasteiger partial charge in [-0.15, -0.1) is 0 Å². The van der Waals surface area contributed by atoms with Crippen molar-refractivity contribution < 1.29 is 15.0 Å². The summed E-state index contributed by atoms with van der Waals surface area (Å²) in [7, 11) is 0. The van der Waals surface area contributed by atoms with Crippen molar-refractivity contribution in [3.63, 3.8) is 0 Å². The molecule has 0 aromatic heterocycles. The minimum Gasteiger partial charge on any atom is -0.506 e. The van der Waals surface area contributed by atoms with Crippen molar-refractivity contribution in [1.29, 1.82) is 0 Å². The molecule has 3 N–H and O–H groups in total. The number of rotatable bonds is 6. The van der Waals surface area contributed by atoms with E-state index in [-0.39, 0.29) is 23.2 Å². The number of phenolic OH excluding ortho intramolecular Hbond substituents is 1. The van der Waals surface area contributed by atoms with Gasteiger partial charge >= 0.3 is 0 Å². The number of aromatic hydroxyl groups is 1. The lowest BCUT2D eigenvalue weighted by Crippen LogP contribution is -2.32. The van der Waals surface area contributed by atoms with Crippen molar-refractivity contribution in [3.8, 4) is 5.75 Å². The minimum absolute atomic E-state index is 0.0684. The fourth-order valence-corrected chi connectivity index (χ4v) is 2.22. The van der Waals surface area contributed by atoms with E-state index in [9.17, 15) is 15.0 Å². The third-order valence-electron chi connectivity index (χ3n) is 3.32. The molecule has 1 unspecified atom stereocenters. The van der Waals surface area contributed by atoms with Crippen LogP contribution in [0.15, 0.2) is 48.5 Å². The van der Waals surface area contributed by atoms with Crippen LogP contribution in [0.3, 0.4) is 0 Å². The highest BCUT2D eigenvalue weighted by atomic mass is 35.5. The maximum Gasteiger partial charge on any atom is 0.251 e. The molecule has 0 aliphatic carbocycles. The lowest BCUT2D eigenvalue weighted by molar-refractivity contribution is 0.0911. The van der Waals surface area contributed by atoms with E-state index in [1.807, 2.05) is 30.3 Å². The largest absolute Gasteiger partial charge is 0.506 e. The average Bonchev–Trinajstić information content (AvgIpc) is 2.54. The van der Waals surface area contributed by atoms with Crippen LogP contribution in [-0.4, -0.2) is 28.8 Å². The number of halogens is 1. The number of carbonyl (C=O) groups is 1. The molecule has 116 valence electrons. The Balaban J connectivity index is 1.79. The smallest absolute Gasteiger partial charge is 0.251 e. The lowest BCUT2D eigenvalue weighted by atomic mass is 10.1. The average molecular weight is 320 g/mol. The number of phenols is 1. The molecule has 0 saturated heterocycles. The zero-order chi connectivity index (χ0) is 15.9. The molecule has 5 heteroatoms. The van der Waals surface area contributed by atoms with Crippen molar-refractivity contribution in [3.05, 3.63) is 64.7 Å². The molecule has 2 aromatic carbocycles. The zero-order valence-corrected chi connectivity index (χ0v) is 12.8. The van der Waals surface area contributed by atoms with E-state index in [0.717, 1.165) is 12.0 Å². The number of hydrogen-bond donors (Lipinski definition) is 3. The molecule has 1 atom stereocenters. The lowest BCUT2D eigenvalue weighted by Gasteiger charge is -2.12. The van der Waals surface area contributed by atoms with E-state index >= 15 is 0 Å². The molecule has 0 fully saturated rings. The molecule has 0 saturated carbocycles. The Labute approximate surface area is 134 Å². The maximum absolute atomic E-state index is 11.9. The van der Waals surface area contributed by atoms with Crippen LogP contribution in [0.1, 0.15) is 22.3 Å². The standard InChI is InChI=1S/C17H18ClNO3/c18-15-10-13(7-9-16(15)21)17(22)19-11-14(20)8-6-12-4-2-1-3-5-12/h1-5,7,9-10,14,20-21H,6,8,11H2,(H,19,22). The van der Waals surface area contributed by atoms with Crippen LogP contribution in [0.25, 0.3) is 0 Å². The summed E-state index contributed by atoms with van der Waals surface area (Å²) in [5.41, 5.74) is 1.50. The molecule has 2 rings (SSSR count). The van der Waals surface area contributed by atoms with Gasteiger partial charge in [-0.05, 0) is 36.6 Å². The highest BCUT2D eigenvalue weighted by Crippen LogP contribution is 2.23. The van der Waals surface area contributed by atoms with E-state index in [0.29, 0.717) is 12.0 Å². The minimum atomic E-state index is -0.614. The summed E-state index contributed by atoms with van der Waals surface area (Å²) < 4.78 is 0. The topological polar surface area (TPSA) is 69.6 Å². The number of aryl methyl sites for hydroxylation is 1. The Kier molecular flexibility index (Phi) is 5.81. The third-order valence-corrected chi connectivity index (χ3v) is 3.62. The molecule has 2 aromatic rings. The van der Waals surface area contributed by atoms with Gasteiger partial charge in [0.1, 0.15) is 5.75 Å². The number of benzene rings is 2. The van der Waals surface area contributed by atoms with Crippen molar-refractivity contribution in [1.82, 2.24) is 5.32 Å². The van der Waals surface area contributed by atoms with Gasteiger partial charge < -0.3 is 15.5 Å². The molecule has 0 aliphatic rings. The summed E-state index contributed by atoms with van der Waals surface area (Å²) in [5, 5.41) is 22.0. The van der Waals surface area contributed by atoms with Gasteiger partial charge in [-0.2, -0.15) is 0 Å². The summed E-state index contributed by atoms with van der Waals surface area (Å²) in [5.74, 6) is -0.401. The van der Waals surface area contributed by atoms with Gasteiger partial charge in [-0.1, -0.05) is 41.9 Å². The normalized spacial score (nSPS) is 11.9. The second-order valence-corrected chi connectivity index (χ2v) is 5.46. The maximum atomic E-state index is 11.9. The second kappa shape index (κ2) is 7.82. The van der Waals surface area contributed by atoms with Gasteiger partial charge in [0, 0.05) is 12.1 Å². The van der Waals surface area contributed by atoms with Gasteiger partial charge in [0.2, 0.25) is 0 Å². The van der Waals surface area contributed by atoms with Crippen molar-refractivity contribution in [2.24, 2.45) is 0 Å². The van der Waals surface area contributed by atoms with E-state index in [2.05, 4.69) is 5.32 Å². The fraction of sp³-hybridized carbons (Fsp3) is 0.235. The summed E-state index contributed by atoms with van der Waals surface area (Å²) >= 11 is 5.76. The Bertz CT molecular complexity index is 631. The van der Waals surface area contributed by atoms with Gasteiger partial charge in [-0.3, -0.25) is 4.79 Å². The third kappa shape index (κ3) is 4.76. The molecule has 0 heterocycles. The molecular weight excluding hydrogens is 302 g/mol. The van der Waals surface area contributed by atoms with Gasteiger partial charge in [0.05, 0.1) is 11.1 Å². The zero-order valence-electron chi connectivity index (χ0n) is 12.0. The first kappa shape index (κ1) is 16.3. The Hall–Kier alpha value is -2.04. The van der Waals surface area contributed by atoms with Crippen LogP contribution in [-0.2, 0) is 6.42 Å². The second-order valence-electron chi connectivity index (χ2n) is 5.05. The van der Waals surface area contributed by atoms with Crippen molar-refractivity contribution >= 4 is 17.5 Å². The Morgan fingerprint density at radius 2 is 1.91 bits per heavy atom. The van der Waals surface area contributed by atoms with Crippen LogP contribution in [0.2, 0.25) is 5.02 Å². The quantitative estimate of drug-likeness (QED) is 0.767. The first-order chi connectivity index (χ1) is 10.6. The van der Waals surface area contributed by atoms with Crippen LogP contribution >= 0.6 is 11.6 Å². The highest BCUT2D eigenvalue weighted by molar-refractivity contribution is 6.32. The van der Waals surface area contributed by atoms with E-state index in [1.165, 1.54) is 18.2 Å². The molecule has 0 aliphatic heterocycles. The molecule has 1 amide bonds. The number of hydrogen-bond acceptors (Lipinski definition) is 3. The summed E-state index contributed by atoms with van der Waals surface area (Å²) in [4.78, 5) is 11.9. The highest BCUT2D eigenvalue weighted by Gasteiger charge is 2.11. The number of carbonyl (C=O) groups excluding carboxylic acids is 1. The molecule has 22 heavy (non-hydrogen) atoms. The first-order valence-corrected chi connectivity index (χ1v) is 7.43. The molecule has 0 bridgehead atoms. The van der Waals surface area contributed by atoms with E-state index < -0.39 is 6.10 Å². The SMILES string of the molecule is O=C(NCC(O)CCc1ccccc1)c1ccc(O)c(Cl)c1. The molecular formula is C17H18ClNO3. The number of aliphatic hydroxyl groups is 1. The number of amides is 1. The molecule has 0 radical (unpaired) electrons. The number of nitrogens with one attached hydrogen (secondary N) is 1. The van der Waals surface area contributed by atoms with E-state index in [4.69, 9.17) is 11.6 Å². The predicted octanol–water partition coefficient (Wildman–Crippen LogP) is 2.77. The fourth-order valence-electron chi connectivity index (χ4n) is 2.04. The van der Waals surface area contributed by atoms with Gasteiger partial charge in [-0.25, -0.2) is 0 Å². The predicted molar refractivity (Wildman–Crippen MR) is 86.2 cm³/mol. The van der Waals surface area contributed by atoms with Gasteiger partial charge in [0.25, 0.3) is 5.91 Å². The summed E-state index contributed by atoms with van der Waals surface area (Å²) in [6, 6.07) is 14.1. The Morgan fingerprint density at radius 1 is 1.18 bits per heavy atom. The van der Waals surface area contributed by atoms with Crippen LogP contribution in [0, 0.1) is 0 Å². The number of aliphatic hydroxyl groups excluding tert-OH is 1. The van der Waals surface area contributed by atoms with Crippen LogP contribution < -0.4 is 5.32 Å². The van der Waals surface area contributed by atoms with Crippen molar-refractivity contribution in [2.75, 3.05) is 6.54 Å². The van der Waals surface area contributed by atoms with Crippen molar-refractivity contribution in [2.45, 2.75) is 18.9 Å². The van der Waals surface area contributed by atoms with Crippen LogP contribution in [0.5, 0.6) is 5.75 Å². The first-order valence-electron chi connectivity index (χ1n) is 7.05. The Morgan fingerprint density at radius 3 is 2.59 bits per heavy atom. The summed E-state index contributed by atoms with van der Waals surface area (Å²) in [6.07, 6.45) is 0.709. The summed E-state index contributed by atoms with van der Waals surface area (Å²) in [6.45, 7) is 0.171.